The van der Waals surface area contributed by atoms with Gasteiger partial charge in [-0.1, -0.05) is 18.5 Å². The van der Waals surface area contributed by atoms with Crippen LogP contribution in [0.25, 0.3) is 0 Å². The van der Waals surface area contributed by atoms with Gasteiger partial charge in [-0.25, -0.2) is 0 Å². The molecule has 1 fully saturated rings. The SMILES string of the molecule is CC(Cc1cc(Cl)ccc1OCC1CC1)C(=O)O. The fourth-order valence-electron chi connectivity index (χ4n) is 1.76. The maximum Gasteiger partial charge on any atom is 0.306 e. The lowest BCUT2D eigenvalue weighted by atomic mass is 10.0. The van der Waals surface area contributed by atoms with E-state index in [4.69, 9.17) is 21.4 Å². The highest BCUT2D eigenvalue weighted by Gasteiger charge is 2.23. The minimum absolute atomic E-state index is 0.438. The van der Waals surface area contributed by atoms with Crippen LogP contribution in [0.4, 0.5) is 0 Å². The van der Waals surface area contributed by atoms with E-state index < -0.39 is 11.9 Å². The average Bonchev–Trinajstić information content (AvgIpc) is 3.11. The van der Waals surface area contributed by atoms with Gasteiger partial charge in [0.1, 0.15) is 5.75 Å². The van der Waals surface area contributed by atoms with Crippen LogP contribution in [0, 0.1) is 11.8 Å². The van der Waals surface area contributed by atoms with E-state index in [1.165, 1.54) is 12.8 Å². The molecular weight excluding hydrogens is 252 g/mol. The molecule has 18 heavy (non-hydrogen) atoms. The molecule has 1 N–H and O–H groups in total. The van der Waals surface area contributed by atoms with Crippen molar-refractivity contribution < 1.29 is 14.6 Å². The molecule has 98 valence electrons. The zero-order valence-electron chi connectivity index (χ0n) is 10.4. The van der Waals surface area contributed by atoms with Crippen LogP contribution in [-0.2, 0) is 11.2 Å². The molecule has 0 bridgehead atoms. The summed E-state index contributed by atoms with van der Waals surface area (Å²) >= 11 is 5.95. The minimum atomic E-state index is -0.803. The molecule has 2 rings (SSSR count). The summed E-state index contributed by atoms with van der Waals surface area (Å²) < 4.78 is 5.75. The van der Waals surface area contributed by atoms with E-state index in [2.05, 4.69) is 0 Å². The molecule has 3 nitrogen and oxygen atoms in total. The summed E-state index contributed by atoms with van der Waals surface area (Å²) in [5.74, 6) is 0.194. The number of benzene rings is 1. The molecule has 0 heterocycles. The molecule has 0 saturated heterocycles. The van der Waals surface area contributed by atoms with Gasteiger partial charge < -0.3 is 9.84 Å². The zero-order chi connectivity index (χ0) is 13.1. The molecule has 4 heteroatoms. The summed E-state index contributed by atoms with van der Waals surface area (Å²) in [5, 5.41) is 9.57. The van der Waals surface area contributed by atoms with Gasteiger partial charge in [0.15, 0.2) is 0 Å². The lowest BCUT2D eigenvalue weighted by Gasteiger charge is -2.13. The van der Waals surface area contributed by atoms with Gasteiger partial charge in [-0.2, -0.15) is 0 Å². The molecule has 1 aliphatic carbocycles. The summed E-state index contributed by atoms with van der Waals surface area (Å²) in [6.45, 7) is 2.41. The van der Waals surface area contributed by atoms with Crippen LogP contribution in [0.3, 0.4) is 0 Å². The molecule has 1 aliphatic rings. The molecule has 0 aromatic heterocycles. The van der Waals surface area contributed by atoms with Crippen LogP contribution in [-0.4, -0.2) is 17.7 Å². The fraction of sp³-hybridized carbons (Fsp3) is 0.500. The third-order valence-electron chi connectivity index (χ3n) is 3.14. The standard InChI is InChI=1S/C14H17ClO3/c1-9(14(16)17)6-11-7-12(15)4-5-13(11)18-8-10-2-3-10/h4-5,7,9-10H,2-3,6,8H2,1H3,(H,16,17). The van der Waals surface area contributed by atoms with E-state index in [1.54, 1.807) is 19.1 Å². The fourth-order valence-corrected chi connectivity index (χ4v) is 1.95. The number of rotatable bonds is 6. The highest BCUT2D eigenvalue weighted by Crippen LogP contribution is 2.31. The summed E-state index contributed by atoms with van der Waals surface area (Å²) in [4.78, 5) is 10.9. The van der Waals surface area contributed by atoms with Gasteiger partial charge in [-0.3, -0.25) is 4.79 Å². The van der Waals surface area contributed by atoms with Crippen LogP contribution < -0.4 is 4.74 Å². The second-order valence-corrected chi connectivity index (χ2v) is 5.39. The maximum absolute atomic E-state index is 10.9. The van der Waals surface area contributed by atoms with E-state index in [0.29, 0.717) is 17.4 Å². The molecule has 0 amide bonds. The Morgan fingerprint density at radius 1 is 1.56 bits per heavy atom. The van der Waals surface area contributed by atoms with E-state index in [9.17, 15) is 4.79 Å². The Labute approximate surface area is 112 Å². The van der Waals surface area contributed by atoms with Crippen LogP contribution in [0.5, 0.6) is 5.75 Å². The van der Waals surface area contributed by atoms with Crippen LogP contribution in [0.2, 0.25) is 5.02 Å². The second-order valence-electron chi connectivity index (χ2n) is 4.95. The Kier molecular flexibility index (Phi) is 4.12. The number of carboxylic acids is 1. The van der Waals surface area contributed by atoms with Crippen LogP contribution in [0.1, 0.15) is 25.3 Å². The smallest absolute Gasteiger partial charge is 0.306 e. The van der Waals surface area contributed by atoms with Crippen molar-refractivity contribution in [1.82, 2.24) is 0 Å². The number of hydrogen-bond donors (Lipinski definition) is 1. The maximum atomic E-state index is 10.9. The number of carboxylic acid groups (broad SMARTS) is 1. The van der Waals surface area contributed by atoms with Gasteiger partial charge in [0, 0.05) is 5.02 Å². The van der Waals surface area contributed by atoms with E-state index >= 15 is 0 Å². The highest BCUT2D eigenvalue weighted by atomic mass is 35.5. The van der Waals surface area contributed by atoms with Crippen molar-refractivity contribution in [1.29, 1.82) is 0 Å². The van der Waals surface area contributed by atoms with E-state index in [-0.39, 0.29) is 0 Å². The predicted octanol–water partition coefficient (Wildman–Crippen LogP) is 3.39. The normalized spacial score (nSPS) is 16.3. The first-order chi connectivity index (χ1) is 8.56. The van der Waals surface area contributed by atoms with Crippen molar-refractivity contribution >= 4 is 17.6 Å². The van der Waals surface area contributed by atoms with Gasteiger partial charge in [0.25, 0.3) is 0 Å². The number of aliphatic carboxylic acids is 1. The Morgan fingerprint density at radius 2 is 2.28 bits per heavy atom. The van der Waals surface area contributed by atoms with Gasteiger partial charge >= 0.3 is 5.97 Å². The first-order valence-corrected chi connectivity index (χ1v) is 6.58. The molecule has 1 aromatic carbocycles. The molecular formula is C14H17ClO3. The van der Waals surface area contributed by atoms with Crippen LogP contribution >= 0.6 is 11.6 Å². The molecule has 1 aromatic rings. The van der Waals surface area contributed by atoms with Gasteiger partial charge in [-0.15, -0.1) is 0 Å². The van der Waals surface area contributed by atoms with Crippen molar-refractivity contribution in [2.45, 2.75) is 26.2 Å². The number of halogens is 1. The monoisotopic (exact) mass is 268 g/mol. The summed E-state index contributed by atoms with van der Waals surface area (Å²) in [7, 11) is 0. The number of hydrogen-bond acceptors (Lipinski definition) is 2. The second kappa shape index (κ2) is 5.61. The van der Waals surface area contributed by atoms with Crippen molar-refractivity contribution in [3.05, 3.63) is 28.8 Å². The first-order valence-electron chi connectivity index (χ1n) is 6.20. The van der Waals surface area contributed by atoms with Gasteiger partial charge in [-0.05, 0) is 48.9 Å². The number of carbonyl (C=O) groups is 1. The van der Waals surface area contributed by atoms with Crippen LogP contribution in [0.15, 0.2) is 18.2 Å². The molecule has 0 radical (unpaired) electrons. The molecule has 1 atom stereocenters. The Morgan fingerprint density at radius 3 is 2.89 bits per heavy atom. The summed E-state index contributed by atoms with van der Waals surface area (Å²) in [6.07, 6.45) is 2.90. The Hall–Kier alpha value is -1.22. The average molecular weight is 269 g/mol. The van der Waals surface area contributed by atoms with Gasteiger partial charge in [0.2, 0.25) is 0 Å². The molecule has 0 spiro atoms. The minimum Gasteiger partial charge on any atom is -0.493 e. The Balaban J connectivity index is 2.08. The summed E-state index contributed by atoms with van der Waals surface area (Å²) in [6, 6.07) is 5.40. The third-order valence-corrected chi connectivity index (χ3v) is 3.38. The van der Waals surface area contributed by atoms with E-state index in [1.807, 2.05) is 6.07 Å². The lowest BCUT2D eigenvalue weighted by Crippen LogP contribution is -2.13. The molecule has 1 saturated carbocycles. The number of ether oxygens (including phenoxy) is 1. The quantitative estimate of drug-likeness (QED) is 0.860. The van der Waals surface area contributed by atoms with Crippen molar-refractivity contribution in [3.63, 3.8) is 0 Å². The van der Waals surface area contributed by atoms with Crippen molar-refractivity contribution in [2.24, 2.45) is 11.8 Å². The highest BCUT2D eigenvalue weighted by molar-refractivity contribution is 6.30. The molecule has 1 unspecified atom stereocenters. The van der Waals surface area contributed by atoms with Crippen molar-refractivity contribution in [3.8, 4) is 5.75 Å². The van der Waals surface area contributed by atoms with Crippen molar-refractivity contribution in [2.75, 3.05) is 6.61 Å². The van der Waals surface area contributed by atoms with Gasteiger partial charge in [0.05, 0.1) is 12.5 Å². The summed E-state index contributed by atoms with van der Waals surface area (Å²) in [5.41, 5.74) is 0.873. The largest absolute Gasteiger partial charge is 0.493 e. The zero-order valence-corrected chi connectivity index (χ0v) is 11.1. The van der Waals surface area contributed by atoms with E-state index in [0.717, 1.165) is 17.9 Å². The molecule has 0 aliphatic heterocycles. The lowest BCUT2D eigenvalue weighted by molar-refractivity contribution is -0.141. The first kappa shape index (κ1) is 13.2. The third kappa shape index (κ3) is 3.64. The predicted molar refractivity (Wildman–Crippen MR) is 70.2 cm³/mol. The Bertz CT molecular complexity index is 441. The topological polar surface area (TPSA) is 46.5 Å².